The van der Waals surface area contributed by atoms with Gasteiger partial charge in [0.2, 0.25) is 0 Å². The van der Waals surface area contributed by atoms with Crippen molar-refractivity contribution in [3.63, 3.8) is 0 Å². The van der Waals surface area contributed by atoms with Crippen molar-refractivity contribution in [2.45, 2.75) is 10.8 Å². The average Bonchev–Trinajstić information content (AvgIpc) is 2.95. The zero-order valence-corrected chi connectivity index (χ0v) is 21.5. The topological polar surface area (TPSA) is 49.7 Å². The van der Waals surface area contributed by atoms with Gasteiger partial charge in [-0.2, -0.15) is 0 Å². The number of thioether (sulfide) groups is 1. The molecule has 0 amide bonds. The second-order valence-corrected chi connectivity index (χ2v) is 10.5. The molecule has 4 heteroatoms. The van der Waals surface area contributed by atoms with E-state index in [2.05, 4.69) is 54.8 Å². The molecule has 6 aromatic rings. The summed E-state index contributed by atoms with van der Waals surface area (Å²) in [4.78, 5) is 1.23. The maximum Gasteiger partial charge on any atom is 0.132 e. The number of rotatable bonds is 3. The fourth-order valence-corrected chi connectivity index (χ4v) is 6.38. The molecule has 7 rings (SSSR count). The van der Waals surface area contributed by atoms with Crippen LogP contribution in [0.3, 0.4) is 0 Å². The molecule has 0 unspecified atom stereocenters. The van der Waals surface area contributed by atoms with Crippen molar-refractivity contribution in [3.8, 4) is 34.1 Å². The Morgan fingerprint density at radius 1 is 0.632 bits per heavy atom. The molecule has 1 aliphatic rings. The highest BCUT2D eigenvalue weighted by Crippen LogP contribution is 2.53. The van der Waals surface area contributed by atoms with Crippen molar-refractivity contribution < 1.29 is 14.9 Å². The molecule has 2 N–H and O–H groups in total. The van der Waals surface area contributed by atoms with Gasteiger partial charge in [0.25, 0.3) is 0 Å². The van der Waals surface area contributed by atoms with Gasteiger partial charge in [-0.1, -0.05) is 66.7 Å². The van der Waals surface area contributed by atoms with Crippen LogP contribution in [0.15, 0.2) is 114 Å². The van der Waals surface area contributed by atoms with Gasteiger partial charge in [0, 0.05) is 21.9 Å². The molecule has 0 saturated carbocycles. The van der Waals surface area contributed by atoms with Gasteiger partial charge >= 0.3 is 0 Å². The van der Waals surface area contributed by atoms with Crippen LogP contribution in [0.2, 0.25) is 0 Å². The van der Waals surface area contributed by atoms with Crippen LogP contribution in [0.1, 0.15) is 22.6 Å². The molecule has 3 nitrogen and oxygen atoms in total. The summed E-state index contributed by atoms with van der Waals surface area (Å²) < 4.78 is 6.51. The summed E-state index contributed by atoms with van der Waals surface area (Å²) in [6.07, 6.45) is 2.10. The molecular formula is C34H24O3S. The van der Waals surface area contributed by atoms with Crippen molar-refractivity contribution in [1.82, 2.24) is 0 Å². The Morgan fingerprint density at radius 2 is 1.24 bits per heavy atom. The van der Waals surface area contributed by atoms with Gasteiger partial charge in [-0.05, 0) is 87.0 Å². The van der Waals surface area contributed by atoms with Crippen molar-refractivity contribution in [1.29, 1.82) is 0 Å². The van der Waals surface area contributed by atoms with Gasteiger partial charge in [0.05, 0.1) is 0 Å². The number of hydrogen-bond donors (Lipinski definition) is 2. The molecule has 184 valence electrons. The minimum absolute atomic E-state index is 0.175. The first-order chi connectivity index (χ1) is 18.6. The van der Waals surface area contributed by atoms with Gasteiger partial charge in [-0.25, -0.2) is 0 Å². The van der Waals surface area contributed by atoms with E-state index in [1.807, 2.05) is 48.5 Å². The van der Waals surface area contributed by atoms with E-state index in [0.29, 0.717) is 0 Å². The maximum atomic E-state index is 10.5. The number of hydrogen-bond acceptors (Lipinski definition) is 4. The molecule has 0 aromatic heterocycles. The summed E-state index contributed by atoms with van der Waals surface area (Å²) in [5.41, 5.74) is 5.48. The number of benzene rings is 6. The van der Waals surface area contributed by atoms with E-state index < -0.39 is 0 Å². The van der Waals surface area contributed by atoms with E-state index in [1.165, 1.54) is 10.5 Å². The van der Waals surface area contributed by atoms with Crippen LogP contribution in [0.4, 0.5) is 0 Å². The minimum atomic E-state index is -0.175. The van der Waals surface area contributed by atoms with E-state index in [9.17, 15) is 10.2 Å². The summed E-state index contributed by atoms with van der Waals surface area (Å²) >= 11 is 1.74. The van der Waals surface area contributed by atoms with Gasteiger partial charge in [-0.3, -0.25) is 0 Å². The molecule has 0 spiro atoms. The van der Waals surface area contributed by atoms with Gasteiger partial charge in [0.1, 0.15) is 23.0 Å². The van der Waals surface area contributed by atoms with E-state index in [1.54, 1.807) is 23.9 Å². The number of ether oxygens (including phenoxy) is 1. The van der Waals surface area contributed by atoms with Crippen LogP contribution in [-0.2, 0) is 0 Å². The number of aromatic hydroxyl groups is 2. The highest BCUT2D eigenvalue weighted by molar-refractivity contribution is 7.98. The lowest BCUT2D eigenvalue weighted by molar-refractivity contribution is 0.455. The second kappa shape index (κ2) is 8.86. The van der Waals surface area contributed by atoms with Crippen LogP contribution < -0.4 is 4.74 Å². The standard InChI is InChI=1S/C34H24O3S/c1-38-31-8-3-2-7-26(31)22-5-4-6-23(17-22)32-33-27-18-24(35)13-9-20(27)11-15-29(33)37-30-16-12-21-10-14-25(36)19-28(21)34(30)32/h2-19,32,35-36H,1H3. The smallest absolute Gasteiger partial charge is 0.132 e. The largest absolute Gasteiger partial charge is 0.508 e. The third kappa shape index (κ3) is 3.60. The van der Waals surface area contributed by atoms with Gasteiger partial charge in [-0.15, -0.1) is 11.8 Å². The Morgan fingerprint density at radius 3 is 1.87 bits per heavy atom. The molecule has 0 radical (unpaired) electrons. The number of phenols is 2. The highest BCUT2D eigenvalue weighted by atomic mass is 32.2. The molecule has 0 bridgehead atoms. The fraction of sp³-hybridized carbons (Fsp3) is 0.0588. The molecule has 1 heterocycles. The monoisotopic (exact) mass is 512 g/mol. The van der Waals surface area contributed by atoms with Gasteiger partial charge < -0.3 is 14.9 Å². The number of phenolic OH excluding ortho intramolecular Hbond substituents is 2. The summed E-state index contributed by atoms with van der Waals surface area (Å²) in [7, 11) is 0. The summed E-state index contributed by atoms with van der Waals surface area (Å²) in [5, 5.41) is 24.9. The molecule has 0 aliphatic carbocycles. The Kier molecular flexibility index (Phi) is 5.31. The van der Waals surface area contributed by atoms with E-state index in [4.69, 9.17) is 4.74 Å². The Labute approximate surface area is 225 Å². The third-order valence-electron chi connectivity index (χ3n) is 7.45. The molecule has 0 fully saturated rings. The summed E-state index contributed by atoms with van der Waals surface area (Å²) in [5.74, 6) is 1.80. The van der Waals surface area contributed by atoms with Crippen molar-refractivity contribution >= 4 is 33.3 Å². The van der Waals surface area contributed by atoms with Crippen LogP contribution in [0.25, 0.3) is 32.7 Å². The fourth-order valence-electron chi connectivity index (χ4n) is 5.76. The Bertz CT molecular complexity index is 1780. The lowest BCUT2D eigenvalue weighted by Crippen LogP contribution is -2.13. The zero-order valence-electron chi connectivity index (χ0n) is 20.7. The molecule has 6 aromatic carbocycles. The lowest BCUT2D eigenvalue weighted by atomic mass is 9.78. The molecule has 38 heavy (non-hydrogen) atoms. The molecule has 0 atom stereocenters. The summed E-state index contributed by atoms with van der Waals surface area (Å²) in [6, 6.07) is 36.2. The Balaban J connectivity index is 1.56. The predicted molar refractivity (Wildman–Crippen MR) is 156 cm³/mol. The number of fused-ring (bicyclic) bond motifs is 6. The summed E-state index contributed by atoms with van der Waals surface area (Å²) in [6.45, 7) is 0. The van der Waals surface area contributed by atoms with Crippen LogP contribution in [0.5, 0.6) is 23.0 Å². The normalized spacial score (nSPS) is 12.8. The molecule has 0 saturated heterocycles. The van der Waals surface area contributed by atoms with Crippen LogP contribution in [-0.4, -0.2) is 16.5 Å². The highest BCUT2D eigenvalue weighted by Gasteiger charge is 2.32. The Hall–Kier alpha value is -4.41. The maximum absolute atomic E-state index is 10.5. The predicted octanol–water partition coefficient (Wildman–Crippen LogP) is 9.08. The van der Waals surface area contributed by atoms with Gasteiger partial charge in [0.15, 0.2) is 0 Å². The molecular weight excluding hydrogens is 488 g/mol. The first-order valence-electron chi connectivity index (χ1n) is 12.5. The first-order valence-corrected chi connectivity index (χ1v) is 13.8. The van der Waals surface area contributed by atoms with Crippen molar-refractivity contribution in [3.05, 3.63) is 126 Å². The second-order valence-electron chi connectivity index (χ2n) is 9.63. The van der Waals surface area contributed by atoms with Crippen molar-refractivity contribution in [2.75, 3.05) is 6.26 Å². The lowest BCUT2D eigenvalue weighted by Gasteiger charge is -2.31. The minimum Gasteiger partial charge on any atom is -0.508 e. The first kappa shape index (κ1) is 22.8. The van der Waals surface area contributed by atoms with E-state index in [-0.39, 0.29) is 17.4 Å². The van der Waals surface area contributed by atoms with E-state index in [0.717, 1.165) is 55.3 Å². The third-order valence-corrected chi connectivity index (χ3v) is 8.24. The van der Waals surface area contributed by atoms with Crippen molar-refractivity contribution in [2.24, 2.45) is 0 Å². The average molecular weight is 513 g/mol. The quantitative estimate of drug-likeness (QED) is 0.232. The molecule has 1 aliphatic heterocycles. The SMILES string of the molecule is CSc1ccccc1-c1cccc(C2c3c(ccc4ccc(O)cc34)Oc3ccc4ccc(O)cc4c32)c1. The van der Waals surface area contributed by atoms with Crippen LogP contribution in [0, 0.1) is 0 Å². The zero-order chi connectivity index (χ0) is 25.8. The van der Waals surface area contributed by atoms with E-state index >= 15 is 0 Å². The van der Waals surface area contributed by atoms with Crippen LogP contribution >= 0.6 is 11.8 Å².